The van der Waals surface area contributed by atoms with Crippen LogP contribution in [0.4, 0.5) is 5.69 Å². The lowest BCUT2D eigenvalue weighted by Gasteiger charge is -2.18. The van der Waals surface area contributed by atoms with E-state index in [0.29, 0.717) is 39.5 Å². The van der Waals surface area contributed by atoms with E-state index in [9.17, 15) is 9.59 Å². The number of amidine groups is 1. The Labute approximate surface area is 177 Å². The largest absolute Gasteiger partial charge is 0.495 e. The van der Waals surface area contributed by atoms with E-state index in [-0.39, 0.29) is 11.7 Å². The maximum absolute atomic E-state index is 13.1. The number of nitrogens with zero attached hydrogens (tertiary/aromatic N) is 2. The summed E-state index contributed by atoms with van der Waals surface area (Å²) in [6.07, 6.45) is 3.03. The molecule has 0 spiro atoms. The van der Waals surface area contributed by atoms with E-state index < -0.39 is 0 Å². The summed E-state index contributed by atoms with van der Waals surface area (Å²) in [7, 11) is 1.54. The van der Waals surface area contributed by atoms with E-state index in [1.54, 1.807) is 54.5 Å². The fraction of sp³-hybridized carbons (Fsp3) is 0.250. The molecule has 2 aromatic rings. The smallest absolute Gasteiger partial charge is 0.283 e. The number of Topliss-reactive ketones (excluding diaryl/α,β-unsaturated/α-hetero) is 1. The van der Waals surface area contributed by atoms with Crippen LogP contribution in [0, 0.1) is 0 Å². The van der Waals surface area contributed by atoms with Crippen LogP contribution in [-0.2, 0) is 9.59 Å². The van der Waals surface area contributed by atoms with Crippen molar-refractivity contribution in [2.75, 3.05) is 17.8 Å². The monoisotopic (exact) mass is 434 g/mol. The lowest BCUT2D eigenvalue weighted by atomic mass is 10.2. The third kappa shape index (κ3) is 4.84. The molecule has 0 bridgehead atoms. The van der Waals surface area contributed by atoms with E-state index in [4.69, 9.17) is 16.3 Å². The standard InChI is InChI=1S/C20H19ClN2O3S2/c1-13(24)5-3-10-28-20-22-17(12-15-6-4-9-27-15)19(25)23(20)14-7-8-18(26-2)16(21)11-14/h4,6-9,11-12H,3,5,10H2,1-2H3/b17-12+. The fourth-order valence-electron chi connectivity index (χ4n) is 2.61. The van der Waals surface area contributed by atoms with Gasteiger partial charge in [0.15, 0.2) is 5.17 Å². The summed E-state index contributed by atoms with van der Waals surface area (Å²) in [5.74, 6) is 1.18. The first-order chi connectivity index (χ1) is 13.5. The molecule has 2 heterocycles. The van der Waals surface area contributed by atoms with E-state index in [1.165, 1.54) is 11.8 Å². The van der Waals surface area contributed by atoms with Gasteiger partial charge in [-0.25, -0.2) is 4.99 Å². The highest BCUT2D eigenvalue weighted by Gasteiger charge is 2.32. The number of amides is 1. The molecule has 0 aliphatic carbocycles. The highest BCUT2D eigenvalue weighted by Crippen LogP contribution is 2.34. The van der Waals surface area contributed by atoms with Gasteiger partial charge in [-0.1, -0.05) is 29.4 Å². The Hall–Kier alpha value is -2.09. The zero-order valence-corrected chi connectivity index (χ0v) is 17.9. The molecule has 1 aromatic carbocycles. The highest BCUT2D eigenvalue weighted by molar-refractivity contribution is 8.14. The molecular weight excluding hydrogens is 416 g/mol. The number of aliphatic imine (C=N–C) groups is 1. The summed E-state index contributed by atoms with van der Waals surface area (Å²) in [4.78, 5) is 31.3. The van der Waals surface area contributed by atoms with Gasteiger partial charge in [-0.3, -0.25) is 9.69 Å². The van der Waals surface area contributed by atoms with Crippen LogP contribution in [0.3, 0.4) is 0 Å². The Morgan fingerprint density at radius 1 is 1.39 bits per heavy atom. The summed E-state index contributed by atoms with van der Waals surface area (Å²) >= 11 is 9.26. The number of hydrogen-bond donors (Lipinski definition) is 0. The van der Waals surface area contributed by atoms with E-state index in [0.717, 1.165) is 11.3 Å². The number of ether oxygens (including phenoxy) is 1. The number of carbonyl (C=O) groups is 2. The van der Waals surface area contributed by atoms with Crippen LogP contribution in [0.1, 0.15) is 24.6 Å². The van der Waals surface area contributed by atoms with Gasteiger partial charge in [0.25, 0.3) is 5.91 Å². The van der Waals surface area contributed by atoms with Crippen LogP contribution in [-0.4, -0.2) is 29.7 Å². The minimum atomic E-state index is -0.205. The van der Waals surface area contributed by atoms with Crippen LogP contribution in [0.25, 0.3) is 6.08 Å². The van der Waals surface area contributed by atoms with Crippen LogP contribution < -0.4 is 9.64 Å². The van der Waals surface area contributed by atoms with Crippen molar-refractivity contribution in [3.05, 3.63) is 51.3 Å². The van der Waals surface area contributed by atoms with Crippen LogP contribution in [0.2, 0.25) is 5.02 Å². The number of carbonyl (C=O) groups excluding carboxylic acids is 2. The molecular formula is C20H19ClN2O3S2. The second-order valence-electron chi connectivity index (χ2n) is 6.05. The quantitative estimate of drug-likeness (QED) is 0.440. The van der Waals surface area contributed by atoms with E-state index >= 15 is 0 Å². The minimum absolute atomic E-state index is 0.155. The molecule has 1 aliphatic rings. The van der Waals surface area contributed by atoms with E-state index in [1.807, 2.05) is 17.5 Å². The summed E-state index contributed by atoms with van der Waals surface area (Å²) in [5, 5.41) is 2.95. The molecule has 0 unspecified atom stereocenters. The molecule has 0 saturated heterocycles. The predicted molar refractivity (Wildman–Crippen MR) is 118 cm³/mol. The van der Waals surface area contributed by atoms with Crippen LogP contribution in [0.15, 0.2) is 46.4 Å². The van der Waals surface area contributed by atoms with Crippen molar-refractivity contribution < 1.29 is 14.3 Å². The SMILES string of the molecule is COc1ccc(N2C(=O)/C(=C\c3cccs3)N=C2SCCCC(C)=O)cc1Cl. The summed E-state index contributed by atoms with van der Waals surface area (Å²) in [6, 6.07) is 9.07. The van der Waals surface area contributed by atoms with Crippen molar-refractivity contribution in [1.82, 2.24) is 0 Å². The summed E-state index contributed by atoms with van der Waals surface area (Å²) in [5.41, 5.74) is 1.01. The number of methoxy groups -OCH3 is 1. The third-order valence-corrected chi connectivity index (χ3v) is 6.09. The summed E-state index contributed by atoms with van der Waals surface area (Å²) in [6.45, 7) is 1.58. The molecule has 146 valence electrons. The van der Waals surface area contributed by atoms with Gasteiger partial charge in [0, 0.05) is 17.1 Å². The number of benzene rings is 1. The topological polar surface area (TPSA) is 59.0 Å². The van der Waals surface area contributed by atoms with Gasteiger partial charge >= 0.3 is 0 Å². The predicted octanol–water partition coefficient (Wildman–Crippen LogP) is 5.26. The number of ketones is 1. The Balaban J connectivity index is 1.88. The van der Waals surface area contributed by atoms with Gasteiger partial charge in [0.05, 0.1) is 17.8 Å². The molecule has 1 aromatic heterocycles. The molecule has 0 saturated carbocycles. The van der Waals surface area contributed by atoms with Gasteiger partial charge in [0.1, 0.15) is 17.2 Å². The Kier molecular flexibility index (Phi) is 6.93. The number of thioether (sulfide) groups is 1. The Morgan fingerprint density at radius 2 is 2.21 bits per heavy atom. The molecule has 0 N–H and O–H groups in total. The second-order valence-corrected chi connectivity index (χ2v) is 8.50. The molecule has 0 radical (unpaired) electrons. The minimum Gasteiger partial charge on any atom is -0.495 e. The maximum Gasteiger partial charge on any atom is 0.283 e. The number of anilines is 1. The molecule has 5 nitrogen and oxygen atoms in total. The molecule has 8 heteroatoms. The molecule has 1 aliphatic heterocycles. The number of rotatable bonds is 7. The molecule has 3 rings (SSSR count). The van der Waals surface area contributed by atoms with Gasteiger partial charge in [0.2, 0.25) is 0 Å². The van der Waals surface area contributed by atoms with Crippen molar-refractivity contribution in [3.63, 3.8) is 0 Å². The molecule has 0 atom stereocenters. The molecule has 28 heavy (non-hydrogen) atoms. The zero-order chi connectivity index (χ0) is 20.1. The van der Waals surface area contributed by atoms with Crippen molar-refractivity contribution >= 4 is 63.3 Å². The lowest BCUT2D eigenvalue weighted by molar-refractivity contribution is -0.117. The van der Waals surface area contributed by atoms with Crippen LogP contribution >= 0.6 is 34.7 Å². The van der Waals surface area contributed by atoms with Crippen molar-refractivity contribution in [2.45, 2.75) is 19.8 Å². The first-order valence-electron chi connectivity index (χ1n) is 8.63. The Bertz CT molecular complexity index is 939. The molecule has 1 amide bonds. The summed E-state index contributed by atoms with van der Waals surface area (Å²) < 4.78 is 5.20. The third-order valence-electron chi connectivity index (χ3n) is 3.95. The van der Waals surface area contributed by atoms with Crippen molar-refractivity contribution in [2.24, 2.45) is 4.99 Å². The average Bonchev–Trinajstić information content (AvgIpc) is 3.27. The lowest BCUT2D eigenvalue weighted by Crippen LogP contribution is -2.30. The van der Waals surface area contributed by atoms with Crippen molar-refractivity contribution in [3.8, 4) is 5.75 Å². The first-order valence-corrected chi connectivity index (χ1v) is 10.9. The second kappa shape index (κ2) is 9.41. The number of halogens is 1. The number of hydrogen-bond acceptors (Lipinski definition) is 6. The van der Waals surface area contributed by atoms with Gasteiger partial charge in [-0.15, -0.1) is 11.3 Å². The maximum atomic E-state index is 13.1. The van der Waals surface area contributed by atoms with Gasteiger partial charge in [-0.2, -0.15) is 0 Å². The number of thiophene rings is 1. The normalized spacial score (nSPS) is 15.2. The fourth-order valence-corrected chi connectivity index (χ4v) is 4.46. The highest BCUT2D eigenvalue weighted by atomic mass is 35.5. The van der Waals surface area contributed by atoms with Gasteiger partial charge in [-0.05, 0) is 49.1 Å². The first kappa shape index (κ1) is 20.6. The average molecular weight is 435 g/mol. The van der Waals surface area contributed by atoms with E-state index in [2.05, 4.69) is 4.99 Å². The Morgan fingerprint density at radius 3 is 2.86 bits per heavy atom. The van der Waals surface area contributed by atoms with Gasteiger partial charge < -0.3 is 9.53 Å². The van der Waals surface area contributed by atoms with Crippen LogP contribution in [0.5, 0.6) is 5.75 Å². The van der Waals surface area contributed by atoms with Crippen molar-refractivity contribution in [1.29, 1.82) is 0 Å². The zero-order valence-electron chi connectivity index (χ0n) is 15.5. The molecule has 0 fully saturated rings.